The Labute approximate surface area is 96.2 Å². The minimum Gasteiger partial charge on any atom is -0.336 e. The van der Waals surface area contributed by atoms with Crippen molar-refractivity contribution < 1.29 is 4.79 Å². The van der Waals surface area contributed by atoms with E-state index in [0.29, 0.717) is 18.5 Å². The smallest absolute Gasteiger partial charge is 0.254 e. The maximum Gasteiger partial charge on any atom is 0.254 e. The first-order valence-corrected chi connectivity index (χ1v) is 5.78. The van der Waals surface area contributed by atoms with Gasteiger partial charge in [-0.05, 0) is 37.9 Å². The zero-order valence-electron chi connectivity index (χ0n) is 9.60. The Morgan fingerprint density at radius 3 is 2.69 bits per heavy atom. The highest BCUT2D eigenvalue weighted by Gasteiger charge is 2.31. The summed E-state index contributed by atoms with van der Waals surface area (Å²) >= 11 is 0. The Morgan fingerprint density at radius 2 is 2.12 bits per heavy atom. The van der Waals surface area contributed by atoms with Gasteiger partial charge in [-0.25, -0.2) is 0 Å². The first kappa shape index (κ1) is 11.1. The lowest BCUT2D eigenvalue weighted by molar-refractivity contribution is 0.0743. The number of likely N-dealkylation sites (tertiary alicyclic amines) is 1. The van der Waals surface area contributed by atoms with Crippen LogP contribution in [-0.4, -0.2) is 29.9 Å². The van der Waals surface area contributed by atoms with Gasteiger partial charge in [-0.1, -0.05) is 18.2 Å². The van der Waals surface area contributed by atoms with Crippen LogP contribution in [-0.2, 0) is 0 Å². The van der Waals surface area contributed by atoms with Crippen LogP contribution in [0.15, 0.2) is 30.3 Å². The van der Waals surface area contributed by atoms with Crippen molar-refractivity contribution in [3.05, 3.63) is 35.9 Å². The first-order valence-electron chi connectivity index (χ1n) is 5.78. The van der Waals surface area contributed by atoms with E-state index < -0.39 is 0 Å². The number of carbonyl (C=O) groups excluding carboxylic acids is 1. The summed E-state index contributed by atoms with van der Waals surface area (Å²) in [5.74, 6) is 0.590. The van der Waals surface area contributed by atoms with Crippen molar-refractivity contribution in [2.24, 2.45) is 11.7 Å². The molecule has 1 fully saturated rings. The lowest BCUT2D eigenvalue weighted by Crippen LogP contribution is -2.34. The molecule has 16 heavy (non-hydrogen) atoms. The van der Waals surface area contributed by atoms with Crippen LogP contribution in [0.5, 0.6) is 0 Å². The minimum absolute atomic E-state index is 0.129. The van der Waals surface area contributed by atoms with Crippen LogP contribution >= 0.6 is 0 Å². The van der Waals surface area contributed by atoms with E-state index in [1.54, 1.807) is 0 Å². The summed E-state index contributed by atoms with van der Waals surface area (Å²) < 4.78 is 0. The van der Waals surface area contributed by atoms with Crippen molar-refractivity contribution in [2.75, 3.05) is 13.1 Å². The van der Waals surface area contributed by atoms with Gasteiger partial charge >= 0.3 is 0 Å². The summed E-state index contributed by atoms with van der Waals surface area (Å²) in [4.78, 5) is 14.1. The molecule has 0 radical (unpaired) electrons. The molecule has 1 heterocycles. The van der Waals surface area contributed by atoms with Crippen molar-refractivity contribution in [1.29, 1.82) is 0 Å². The predicted molar refractivity (Wildman–Crippen MR) is 64.1 cm³/mol. The summed E-state index contributed by atoms with van der Waals surface area (Å²) in [6.07, 6.45) is 1.02. The second kappa shape index (κ2) is 4.66. The van der Waals surface area contributed by atoms with E-state index in [2.05, 4.69) is 6.92 Å². The molecule has 1 amide bonds. The van der Waals surface area contributed by atoms with Crippen LogP contribution in [0.25, 0.3) is 0 Å². The molecule has 2 N–H and O–H groups in total. The van der Waals surface area contributed by atoms with Gasteiger partial charge in [0.05, 0.1) is 0 Å². The molecule has 3 heteroatoms. The monoisotopic (exact) mass is 218 g/mol. The molecular formula is C13H18N2O. The SMILES string of the molecule is CC1CC(CN)CN1C(=O)c1ccccc1. The van der Waals surface area contributed by atoms with E-state index in [0.717, 1.165) is 18.5 Å². The van der Waals surface area contributed by atoms with E-state index in [9.17, 15) is 4.79 Å². The van der Waals surface area contributed by atoms with Gasteiger partial charge in [0, 0.05) is 18.2 Å². The highest BCUT2D eigenvalue weighted by atomic mass is 16.2. The molecule has 0 aliphatic carbocycles. The molecule has 1 saturated heterocycles. The molecule has 2 unspecified atom stereocenters. The third-order valence-corrected chi connectivity index (χ3v) is 3.28. The molecule has 0 aromatic heterocycles. The third kappa shape index (κ3) is 2.09. The fourth-order valence-corrected chi connectivity index (χ4v) is 2.34. The summed E-state index contributed by atoms with van der Waals surface area (Å²) in [7, 11) is 0. The Hall–Kier alpha value is -1.35. The van der Waals surface area contributed by atoms with Gasteiger partial charge in [0.25, 0.3) is 5.91 Å². The molecule has 1 aliphatic heterocycles. The fraction of sp³-hybridized carbons (Fsp3) is 0.462. The zero-order chi connectivity index (χ0) is 11.5. The zero-order valence-corrected chi connectivity index (χ0v) is 9.60. The lowest BCUT2D eigenvalue weighted by atomic mass is 10.1. The van der Waals surface area contributed by atoms with E-state index in [1.807, 2.05) is 35.2 Å². The highest BCUT2D eigenvalue weighted by molar-refractivity contribution is 5.94. The second-order valence-electron chi connectivity index (χ2n) is 4.51. The van der Waals surface area contributed by atoms with Crippen LogP contribution < -0.4 is 5.73 Å². The number of carbonyl (C=O) groups is 1. The average Bonchev–Trinajstić information content (AvgIpc) is 2.71. The molecule has 0 spiro atoms. The minimum atomic E-state index is 0.129. The predicted octanol–water partition coefficient (Wildman–Crippen LogP) is 1.50. The van der Waals surface area contributed by atoms with Gasteiger partial charge in [0.2, 0.25) is 0 Å². The van der Waals surface area contributed by atoms with Crippen LogP contribution in [0.4, 0.5) is 0 Å². The van der Waals surface area contributed by atoms with Gasteiger partial charge in [0.15, 0.2) is 0 Å². The van der Waals surface area contributed by atoms with Crippen LogP contribution in [0.3, 0.4) is 0 Å². The standard InChI is InChI=1S/C13H18N2O/c1-10-7-11(8-14)9-15(10)13(16)12-5-3-2-4-6-12/h2-6,10-11H,7-9,14H2,1H3. The van der Waals surface area contributed by atoms with Gasteiger partial charge in [-0.3, -0.25) is 4.79 Å². The van der Waals surface area contributed by atoms with Crippen molar-refractivity contribution in [1.82, 2.24) is 4.90 Å². The second-order valence-corrected chi connectivity index (χ2v) is 4.51. The summed E-state index contributed by atoms with van der Waals surface area (Å²) in [5.41, 5.74) is 6.43. The molecule has 1 aliphatic rings. The fourth-order valence-electron chi connectivity index (χ4n) is 2.34. The number of rotatable bonds is 2. The van der Waals surface area contributed by atoms with E-state index in [1.165, 1.54) is 0 Å². The van der Waals surface area contributed by atoms with Gasteiger partial charge in [-0.15, -0.1) is 0 Å². The molecule has 86 valence electrons. The molecule has 2 rings (SSSR count). The quantitative estimate of drug-likeness (QED) is 0.817. The summed E-state index contributed by atoms with van der Waals surface area (Å²) in [6.45, 7) is 3.56. The van der Waals surface area contributed by atoms with Crippen LogP contribution in [0.1, 0.15) is 23.7 Å². The van der Waals surface area contributed by atoms with Crippen molar-refractivity contribution >= 4 is 5.91 Å². The van der Waals surface area contributed by atoms with Gasteiger partial charge in [-0.2, -0.15) is 0 Å². The maximum atomic E-state index is 12.2. The number of nitrogens with two attached hydrogens (primary N) is 1. The Morgan fingerprint density at radius 1 is 1.44 bits per heavy atom. The lowest BCUT2D eigenvalue weighted by Gasteiger charge is -2.21. The van der Waals surface area contributed by atoms with E-state index >= 15 is 0 Å². The van der Waals surface area contributed by atoms with Crippen molar-refractivity contribution in [3.8, 4) is 0 Å². The highest BCUT2D eigenvalue weighted by Crippen LogP contribution is 2.23. The molecule has 0 bridgehead atoms. The molecule has 0 saturated carbocycles. The normalized spacial score (nSPS) is 24.8. The number of hydrogen-bond acceptors (Lipinski definition) is 2. The molecule has 2 atom stereocenters. The molecular weight excluding hydrogens is 200 g/mol. The number of nitrogens with zero attached hydrogens (tertiary/aromatic N) is 1. The van der Waals surface area contributed by atoms with Crippen LogP contribution in [0, 0.1) is 5.92 Å². The number of amides is 1. The first-order chi connectivity index (χ1) is 7.72. The van der Waals surface area contributed by atoms with Crippen molar-refractivity contribution in [2.45, 2.75) is 19.4 Å². The molecule has 3 nitrogen and oxygen atoms in total. The number of benzene rings is 1. The molecule has 1 aromatic carbocycles. The van der Waals surface area contributed by atoms with Gasteiger partial charge < -0.3 is 10.6 Å². The van der Waals surface area contributed by atoms with Crippen LogP contribution in [0.2, 0.25) is 0 Å². The third-order valence-electron chi connectivity index (χ3n) is 3.28. The van der Waals surface area contributed by atoms with E-state index in [4.69, 9.17) is 5.73 Å². The van der Waals surface area contributed by atoms with E-state index in [-0.39, 0.29) is 5.91 Å². The summed E-state index contributed by atoms with van der Waals surface area (Å²) in [6, 6.07) is 9.76. The Bertz CT molecular complexity index is 363. The average molecular weight is 218 g/mol. The molecule has 1 aromatic rings. The Kier molecular flexibility index (Phi) is 3.25. The topological polar surface area (TPSA) is 46.3 Å². The summed E-state index contributed by atoms with van der Waals surface area (Å²) in [5, 5.41) is 0. The maximum absolute atomic E-state index is 12.2. The Balaban J connectivity index is 2.11. The van der Waals surface area contributed by atoms with Gasteiger partial charge in [0.1, 0.15) is 0 Å². The largest absolute Gasteiger partial charge is 0.336 e. The van der Waals surface area contributed by atoms with Crippen molar-refractivity contribution in [3.63, 3.8) is 0 Å². The number of hydrogen-bond donors (Lipinski definition) is 1.